The summed E-state index contributed by atoms with van der Waals surface area (Å²) in [5.41, 5.74) is 3.49. The zero-order valence-electron chi connectivity index (χ0n) is 18.1. The lowest BCUT2D eigenvalue weighted by atomic mass is 10.0. The Balaban J connectivity index is 1.65. The summed E-state index contributed by atoms with van der Waals surface area (Å²) < 4.78 is 49.3. The molecule has 0 spiro atoms. The van der Waals surface area contributed by atoms with Gasteiger partial charge in [0.25, 0.3) is 0 Å². The Morgan fingerprint density at radius 1 is 0.968 bits per heavy atom. The van der Waals surface area contributed by atoms with Crippen molar-refractivity contribution in [1.29, 1.82) is 0 Å². The SMILES string of the molecule is CCc1[nH]c2cc(C)c(OCCCOc3ccc(C(F)(F)F)cc3)c(C)c2c(=O)c1C. The molecule has 0 saturated heterocycles. The highest BCUT2D eigenvalue weighted by Gasteiger charge is 2.30. The van der Waals surface area contributed by atoms with Gasteiger partial charge in [-0.3, -0.25) is 4.79 Å². The normalized spacial score (nSPS) is 11.7. The second-order valence-corrected chi connectivity index (χ2v) is 7.55. The van der Waals surface area contributed by atoms with Crippen LogP contribution in [0, 0.1) is 20.8 Å². The number of pyridine rings is 1. The Bertz CT molecular complexity index is 1130. The standard InChI is InChI=1S/C24H26F3NO3/c1-5-19-15(3)22(29)21-16(4)23(14(2)13-20(21)28-19)31-12-6-11-30-18-9-7-17(8-10-18)24(25,26)27/h7-10,13H,5-6,11-12H2,1-4H3,(H,28,29). The molecule has 166 valence electrons. The Hall–Kier alpha value is -2.96. The summed E-state index contributed by atoms with van der Waals surface area (Å²) in [6, 6.07) is 6.53. The number of alkyl halides is 3. The number of hydrogen-bond donors (Lipinski definition) is 1. The molecule has 0 amide bonds. The van der Waals surface area contributed by atoms with Crippen molar-refractivity contribution in [2.75, 3.05) is 13.2 Å². The number of nitrogens with one attached hydrogen (secondary N) is 1. The number of H-pyrrole nitrogens is 1. The summed E-state index contributed by atoms with van der Waals surface area (Å²) in [6.07, 6.45) is -3.06. The van der Waals surface area contributed by atoms with Crippen LogP contribution in [0.5, 0.6) is 11.5 Å². The average Bonchev–Trinajstić information content (AvgIpc) is 2.72. The van der Waals surface area contributed by atoms with Gasteiger partial charge >= 0.3 is 6.18 Å². The number of fused-ring (bicyclic) bond motifs is 1. The predicted octanol–water partition coefficient (Wildman–Crippen LogP) is 5.88. The molecular formula is C24H26F3NO3. The van der Waals surface area contributed by atoms with E-state index in [0.717, 1.165) is 46.5 Å². The molecule has 0 aliphatic heterocycles. The predicted molar refractivity (Wildman–Crippen MR) is 115 cm³/mol. The number of aromatic nitrogens is 1. The van der Waals surface area contributed by atoms with Crippen LogP contribution in [0.4, 0.5) is 13.2 Å². The molecule has 1 heterocycles. The molecule has 0 fully saturated rings. The molecule has 0 atom stereocenters. The summed E-state index contributed by atoms with van der Waals surface area (Å²) in [7, 11) is 0. The molecular weight excluding hydrogens is 407 g/mol. The number of hydrogen-bond acceptors (Lipinski definition) is 3. The van der Waals surface area contributed by atoms with E-state index in [9.17, 15) is 18.0 Å². The van der Waals surface area contributed by atoms with E-state index >= 15 is 0 Å². The Morgan fingerprint density at radius 3 is 2.23 bits per heavy atom. The maximum Gasteiger partial charge on any atom is 0.416 e. The van der Waals surface area contributed by atoms with Crippen molar-refractivity contribution in [3.63, 3.8) is 0 Å². The molecule has 3 rings (SSSR count). The molecule has 1 aromatic heterocycles. The van der Waals surface area contributed by atoms with E-state index in [0.29, 0.717) is 36.5 Å². The minimum Gasteiger partial charge on any atom is -0.493 e. The summed E-state index contributed by atoms with van der Waals surface area (Å²) in [6.45, 7) is 8.31. The largest absolute Gasteiger partial charge is 0.493 e. The van der Waals surface area contributed by atoms with Gasteiger partial charge in [0.05, 0.1) is 29.7 Å². The van der Waals surface area contributed by atoms with E-state index in [-0.39, 0.29) is 5.43 Å². The third-order valence-electron chi connectivity index (χ3n) is 5.35. The lowest BCUT2D eigenvalue weighted by Crippen LogP contribution is -2.14. The fourth-order valence-electron chi connectivity index (χ4n) is 3.68. The molecule has 0 unspecified atom stereocenters. The minimum atomic E-state index is -4.36. The summed E-state index contributed by atoms with van der Waals surface area (Å²) in [5.74, 6) is 1.05. The van der Waals surface area contributed by atoms with Crippen LogP contribution in [0.3, 0.4) is 0 Å². The van der Waals surface area contributed by atoms with Crippen LogP contribution in [0.2, 0.25) is 0 Å². The average molecular weight is 433 g/mol. The van der Waals surface area contributed by atoms with Crippen molar-refractivity contribution in [3.05, 3.63) is 68.5 Å². The first kappa shape index (κ1) is 22.7. The van der Waals surface area contributed by atoms with E-state index in [1.165, 1.54) is 12.1 Å². The Kier molecular flexibility index (Phi) is 6.62. The van der Waals surface area contributed by atoms with Gasteiger partial charge in [0.15, 0.2) is 5.43 Å². The first-order valence-electron chi connectivity index (χ1n) is 10.2. The summed E-state index contributed by atoms with van der Waals surface area (Å²) in [5, 5.41) is 0.635. The second kappa shape index (κ2) is 9.04. The van der Waals surface area contributed by atoms with Gasteiger partial charge < -0.3 is 14.5 Å². The van der Waals surface area contributed by atoms with Crippen LogP contribution in [0.25, 0.3) is 10.9 Å². The number of ether oxygens (including phenoxy) is 2. The first-order chi connectivity index (χ1) is 14.6. The number of benzene rings is 2. The minimum absolute atomic E-state index is 0.0126. The van der Waals surface area contributed by atoms with Gasteiger partial charge in [0.2, 0.25) is 0 Å². The zero-order valence-corrected chi connectivity index (χ0v) is 18.1. The molecule has 0 aliphatic rings. The maximum atomic E-state index is 12.8. The molecule has 1 N–H and O–H groups in total. The van der Waals surface area contributed by atoms with Gasteiger partial charge in [-0.15, -0.1) is 0 Å². The molecule has 3 aromatic rings. The van der Waals surface area contributed by atoms with E-state index in [4.69, 9.17) is 9.47 Å². The number of aryl methyl sites for hydroxylation is 3. The van der Waals surface area contributed by atoms with Gasteiger partial charge in [-0.05, 0) is 63.1 Å². The fraction of sp³-hybridized carbons (Fsp3) is 0.375. The van der Waals surface area contributed by atoms with E-state index < -0.39 is 11.7 Å². The fourth-order valence-corrected chi connectivity index (χ4v) is 3.68. The highest BCUT2D eigenvalue weighted by atomic mass is 19.4. The van der Waals surface area contributed by atoms with Gasteiger partial charge in [-0.25, -0.2) is 0 Å². The maximum absolute atomic E-state index is 12.8. The number of aromatic amines is 1. The molecule has 0 saturated carbocycles. The number of rotatable bonds is 7. The summed E-state index contributed by atoms with van der Waals surface area (Å²) >= 11 is 0. The Morgan fingerprint density at radius 2 is 1.61 bits per heavy atom. The third-order valence-corrected chi connectivity index (χ3v) is 5.35. The topological polar surface area (TPSA) is 51.3 Å². The van der Waals surface area contributed by atoms with Crippen LogP contribution < -0.4 is 14.9 Å². The van der Waals surface area contributed by atoms with Gasteiger partial charge in [0, 0.05) is 23.2 Å². The zero-order chi connectivity index (χ0) is 22.8. The van der Waals surface area contributed by atoms with Gasteiger partial charge in [-0.1, -0.05) is 6.92 Å². The van der Waals surface area contributed by atoms with E-state index in [1.807, 2.05) is 33.8 Å². The highest BCUT2D eigenvalue weighted by Crippen LogP contribution is 2.31. The van der Waals surface area contributed by atoms with Crippen molar-refractivity contribution in [1.82, 2.24) is 4.98 Å². The second-order valence-electron chi connectivity index (χ2n) is 7.55. The highest BCUT2D eigenvalue weighted by molar-refractivity contribution is 5.86. The third kappa shape index (κ3) is 4.86. The van der Waals surface area contributed by atoms with Crippen molar-refractivity contribution in [2.45, 2.75) is 46.7 Å². The quantitative estimate of drug-likeness (QED) is 0.473. The van der Waals surface area contributed by atoms with Crippen molar-refractivity contribution in [3.8, 4) is 11.5 Å². The number of halogens is 3. The van der Waals surface area contributed by atoms with Crippen LogP contribution in [-0.2, 0) is 12.6 Å². The monoisotopic (exact) mass is 433 g/mol. The smallest absolute Gasteiger partial charge is 0.416 e. The molecule has 4 nitrogen and oxygen atoms in total. The van der Waals surface area contributed by atoms with Gasteiger partial charge in [-0.2, -0.15) is 13.2 Å². The first-order valence-corrected chi connectivity index (χ1v) is 10.2. The molecule has 7 heteroatoms. The van der Waals surface area contributed by atoms with Crippen molar-refractivity contribution in [2.24, 2.45) is 0 Å². The molecule has 0 aliphatic carbocycles. The van der Waals surface area contributed by atoms with E-state index in [1.54, 1.807) is 0 Å². The van der Waals surface area contributed by atoms with Crippen LogP contribution >= 0.6 is 0 Å². The van der Waals surface area contributed by atoms with E-state index in [2.05, 4.69) is 4.98 Å². The lowest BCUT2D eigenvalue weighted by Gasteiger charge is -2.16. The molecule has 0 radical (unpaired) electrons. The van der Waals surface area contributed by atoms with Crippen LogP contribution in [0.15, 0.2) is 35.1 Å². The van der Waals surface area contributed by atoms with Crippen LogP contribution in [0.1, 0.15) is 41.3 Å². The molecule has 0 bridgehead atoms. The molecule has 31 heavy (non-hydrogen) atoms. The van der Waals surface area contributed by atoms with Crippen molar-refractivity contribution >= 4 is 10.9 Å². The lowest BCUT2D eigenvalue weighted by molar-refractivity contribution is -0.137. The van der Waals surface area contributed by atoms with Gasteiger partial charge in [0.1, 0.15) is 11.5 Å². The summed E-state index contributed by atoms with van der Waals surface area (Å²) in [4.78, 5) is 16.2. The van der Waals surface area contributed by atoms with Crippen molar-refractivity contribution < 1.29 is 22.6 Å². The molecule has 2 aromatic carbocycles. The Labute approximate surface area is 179 Å². The van der Waals surface area contributed by atoms with Crippen LogP contribution in [-0.4, -0.2) is 18.2 Å².